The molecule has 0 fully saturated rings. The number of aliphatic hydroxyl groups is 1. The number of ether oxygens (including phenoxy) is 1. The first-order valence-electron chi connectivity index (χ1n) is 16.3. The molecule has 0 radical (unpaired) electrons. The fourth-order valence-electron chi connectivity index (χ4n) is 5.81. The van der Waals surface area contributed by atoms with Crippen molar-refractivity contribution < 1.29 is 29.0 Å². The maximum Gasteiger partial charge on any atom is 0.407 e. The minimum absolute atomic E-state index is 0.0833. The summed E-state index contributed by atoms with van der Waals surface area (Å²) >= 11 is 0. The van der Waals surface area contributed by atoms with Gasteiger partial charge in [0, 0.05) is 12.5 Å². The lowest BCUT2D eigenvalue weighted by molar-refractivity contribution is -0.134. The van der Waals surface area contributed by atoms with Crippen LogP contribution in [0.2, 0.25) is 0 Å². The molecule has 250 valence electrons. The number of rotatable bonds is 15. The van der Waals surface area contributed by atoms with E-state index in [0.717, 1.165) is 27.8 Å². The molecule has 5 N–H and O–H groups in total. The standard InChI is InChI=1S/C37H46N4O6/c1-5-24(4)33(41-37(46)47-22-30-28-17-11-9-15-26(28)27-16-10-12-18-29(27)30)36(45)40-32(21-42)35(44)39-31(19-23(2)3)34(43)38-20-25-13-7-6-8-14-25/h6-18,23-24,30-33,42H,5,19-22H2,1-4H3,(H,38,43)(H,39,44)(H,40,45)(H,41,46)/t24-,31-,32-,33-/m0/s1. The fraction of sp³-hybridized carbons (Fsp3) is 0.405. The molecule has 1 aliphatic carbocycles. The summed E-state index contributed by atoms with van der Waals surface area (Å²) < 4.78 is 5.66. The highest BCUT2D eigenvalue weighted by molar-refractivity contribution is 5.94. The molecule has 47 heavy (non-hydrogen) atoms. The molecule has 0 aliphatic heterocycles. The van der Waals surface area contributed by atoms with Crippen LogP contribution < -0.4 is 21.3 Å². The number of fused-ring (bicyclic) bond motifs is 3. The topological polar surface area (TPSA) is 146 Å². The Morgan fingerprint density at radius 1 is 0.745 bits per heavy atom. The van der Waals surface area contributed by atoms with Crippen LogP contribution >= 0.6 is 0 Å². The Hall–Kier alpha value is -4.70. The molecule has 0 saturated heterocycles. The van der Waals surface area contributed by atoms with Gasteiger partial charge < -0.3 is 31.1 Å². The number of aliphatic hydroxyl groups excluding tert-OH is 1. The molecule has 3 aromatic rings. The van der Waals surface area contributed by atoms with Crippen LogP contribution in [0.1, 0.15) is 63.1 Å². The fourth-order valence-corrected chi connectivity index (χ4v) is 5.81. The summed E-state index contributed by atoms with van der Waals surface area (Å²) in [7, 11) is 0. The molecule has 0 spiro atoms. The molecule has 0 heterocycles. The molecule has 4 atom stereocenters. The lowest BCUT2D eigenvalue weighted by Gasteiger charge is -2.27. The van der Waals surface area contributed by atoms with Crippen LogP contribution in [-0.4, -0.2) is 60.3 Å². The number of hydrogen-bond acceptors (Lipinski definition) is 6. The monoisotopic (exact) mass is 642 g/mol. The van der Waals surface area contributed by atoms with E-state index in [-0.39, 0.29) is 30.3 Å². The summed E-state index contributed by atoms with van der Waals surface area (Å²) in [6.07, 6.45) is 0.150. The van der Waals surface area contributed by atoms with Gasteiger partial charge in [0.15, 0.2) is 0 Å². The van der Waals surface area contributed by atoms with Crippen LogP contribution in [0, 0.1) is 11.8 Å². The Labute approximate surface area is 276 Å². The van der Waals surface area contributed by atoms with Crippen molar-refractivity contribution in [2.24, 2.45) is 11.8 Å². The van der Waals surface area contributed by atoms with Crippen molar-refractivity contribution in [3.05, 3.63) is 95.6 Å². The Balaban J connectivity index is 1.37. The third-order valence-corrected chi connectivity index (χ3v) is 8.58. The van der Waals surface area contributed by atoms with Gasteiger partial charge in [0.2, 0.25) is 17.7 Å². The maximum atomic E-state index is 13.4. The van der Waals surface area contributed by atoms with E-state index < -0.39 is 42.6 Å². The van der Waals surface area contributed by atoms with Crippen LogP contribution in [0.25, 0.3) is 11.1 Å². The lowest BCUT2D eigenvalue weighted by atomic mass is 9.97. The molecule has 3 aromatic carbocycles. The summed E-state index contributed by atoms with van der Waals surface area (Å²) in [6.45, 7) is 7.22. The number of amides is 4. The highest BCUT2D eigenvalue weighted by atomic mass is 16.5. The number of carbonyl (C=O) groups excluding carboxylic acids is 4. The summed E-state index contributed by atoms with van der Waals surface area (Å²) in [5.74, 6) is -2.08. The molecule has 10 heteroatoms. The summed E-state index contributed by atoms with van der Waals surface area (Å²) in [5.41, 5.74) is 5.26. The van der Waals surface area contributed by atoms with Crippen LogP contribution in [0.5, 0.6) is 0 Å². The van der Waals surface area contributed by atoms with Gasteiger partial charge in [-0.05, 0) is 46.1 Å². The van der Waals surface area contributed by atoms with E-state index in [9.17, 15) is 24.3 Å². The molecule has 4 amide bonds. The van der Waals surface area contributed by atoms with Gasteiger partial charge in [-0.3, -0.25) is 14.4 Å². The van der Waals surface area contributed by atoms with Crippen molar-refractivity contribution >= 4 is 23.8 Å². The number of carbonyl (C=O) groups is 4. The van der Waals surface area contributed by atoms with E-state index in [1.54, 1.807) is 6.92 Å². The van der Waals surface area contributed by atoms with Gasteiger partial charge in [-0.15, -0.1) is 0 Å². The van der Waals surface area contributed by atoms with Crippen molar-refractivity contribution in [3.63, 3.8) is 0 Å². The number of hydrogen-bond donors (Lipinski definition) is 5. The van der Waals surface area contributed by atoms with E-state index >= 15 is 0 Å². The zero-order valence-corrected chi connectivity index (χ0v) is 27.5. The van der Waals surface area contributed by atoms with E-state index in [2.05, 4.69) is 21.3 Å². The highest BCUT2D eigenvalue weighted by Gasteiger charge is 2.33. The Morgan fingerprint density at radius 2 is 1.32 bits per heavy atom. The third-order valence-electron chi connectivity index (χ3n) is 8.58. The number of alkyl carbamates (subject to hydrolysis) is 1. The third kappa shape index (κ3) is 9.19. The predicted molar refractivity (Wildman–Crippen MR) is 180 cm³/mol. The molecule has 1 aliphatic rings. The van der Waals surface area contributed by atoms with Gasteiger partial charge >= 0.3 is 6.09 Å². The normalized spacial score (nSPS) is 14.6. The molecular weight excluding hydrogens is 596 g/mol. The van der Waals surface area contributed by atoms with Gasteiger partial charge in [-0.25, -0.2) is 4.79 Å². The minimum atomic E-state index is -1.34. The second-order valence-electron chi connectivity index (χ2n) is 12.5. The number of benzene rings is 3. The maximum absolute atomic E-state index is 13.4. The minimum Gasteiger partial charge on any atom is -0.449 e. The predicted octanol–water partition coefficient (Wildman–Crippen LogP) is 4.26. The molecule has 0 unspecified atom stereocenters. The van der Waals surface area contributed by atoms with Crippen molar-refractivity contribution in [1.29, 1.82) is 0 Å². The smallest absolute Gasteiger partial charge is 0.407 e. The Morgan fingerprint density at radius 3 is 1.89 bits per heavy atom. The average Bonchev–Trinajstić information content (AvgIpc) is 3.40. The Kier molecular flexibility index (Phi) is 12.5. The van der Waals surface area contributed by atoms with E-state index in [1.807, 2.05) is 99.6 Å². The van der Waals surface area contributed by atoms with E-state index in [1.165, 1.54) is 0 Å². The highest BCUT2D eigenvalue weighted by Crippen LogP contribution is 2.44. The molecule has 0 saturated carbocycles. The van der Waals surface area contributed by atoms with Crippen molar-refractivity contribution in [3.8, 4) is 11.1 Å². The van der Waals surface area contributed by atoms with Gasteiger partial charge in [-0.2, -0.15) is 0 Å². The summed E-state index contributed by atoms with van der Waals surface area (Å²) in [5, 5.41) is 20.8. The van der Waals surface area contributed by atoms with E-state index in [0.29, 0.717) is 19.4 Å². The second kappa shape index (κ2) is 16.7. The zero-order valence-electron chi connectivity index (χ0n) is 27.5. The quantitative estimate of drug-likeness (QED) is 0.168. The van der Waals surface area contributed by atoms with Crippen LogP contribution in [-0.2, 0) is 25.7 Å². The SMILES string of the molecule is CC[C@H](C)[C@H](NC(=O)OCC1c2ccccc2-c2ccccc21)C(=O)N[C@@H](CO)C(=O)N[C@@H](CC(C)C)C(=O)NCc1ccccc1. The molecule has 0 aromatic heterocycles. The van der Waals surface area contributed by atoms with Crippen LogP contribution in [0.15, 0.2) is 78.9 Å². The van der Waals surface area contributed by atoms with Gasteiger partial charge in [0.25, 0.3) is 0 Å². The first kappa shape index (κ1) is 35.2. The van der Waals surface area contributed by atoms with Gasteiger partial charge in [0.05, 0.1) is 6.61 Å². The molecule has 4 rings (SSSR count). The molecule has 10 nitrogen and oxygen atoms in total. The largest absolute Gasteiger partial charge is 0.449 e. The van der Waals surface area contributed by atoms with Crippen molar-refractivity contribution in [1.82, 2.24) is 21.3 Å². The van der Waals surface area contributed by atoms with Crippen LogP contribution in [0.3, 0.4) is 0 Å². The second-order valence-corrected chi connectivity index (χ2v) is 12.5. The number of nitrogens with one attached hydrogen (secondary N) is 4. The van der Waals surface area contributed by atoms with Gasteiger partial charge in [-0.1, -0.05) is 113 Å². The van der Waals surface area contributed by atoms with E-state index in [4.69, 9.17) is 4.74 Å². The average molecular weight is 643 g/mol. The summed E-state index contributed by atoms with van der Waals surface area (Å²) in [4.78, 5) is 52.8. The van der Waals surface area contributed by atoms with Gasteiger partial charge in [0.1, 0.15) is 24.7 Å². The van der Waals surface area contributed by atoms with Crippen LogP contribution in [0.4, 0.5) is 4.79 Å². The molecular formula is C37H46N4O6. The first-order valence-corrected chi connectivity index (χ1v) is 16.3. The molecule has 0 bridgehead atoms. The van der Waals surface area contributed by atoms with Crippen molar-refractivity contribution in [2.45, 2.75) is 71.1 Å². The Bertz CT molecular complexity index is 1480. The summed E-state index contributed by atoms with van der Waals surface area (Å²) in [6, 6.07) is 22.2. The first-order chi connectivity index (χ1) is 22.6. The zero-order chi connectivity index (χ0) is 33.9. The lowest BCUT2D eigenvalue weighted by Crippen LogP contribution is -2.59. The van der Waals surface area contributed by atoms with Crippen molar-refractivity contribution in [2.75, 3.05) is 13.2 Å².